The lowest BCUT2D eigenvalue weighted by molar-refractivity contribution is 0.313. The molecule has 1 aromatic rings. The number of aromatic hydroxyl groups is 1. The fraction of sp³-hybridized carbons (Fsp3) is 0.500. The zero-order valence-electron chi connectivity index (χ0n) is 8.92. The van der Waals surface area contributed by atoms with Gasteiger partial charge in [-0.2, -0.15) is 0 Å². The summed E-state index contributed by atoms with van der Waals surface area (Å²) in [6.07, 6.45) is 2.78. The third kappa shape index (κ3) is 3.74. The predicted molar refractivity (Wildman–Crippen MR) is 64.8 cm³/mol. The largest absolute Gasteiger partial charge is 0.507 e. The smallest absolute Gasteiger partial charge is 0.130 e. The van der Waals surface area contributed by atoms with Gasteiger partial charge in [-0.25, -0.2) is 0 Å². The van der Waals surface area contributed by atoms with Crippen molar-refractivity contribution in [1.82, 2.24) is 0 Å². The first-order valence-electron chi connectivity index (χ1n) is 5.21. The molecular formula is C12H16BrO2. The van der Waals surface area contributed by atoms with Gasteiger partial charge in [0.25, 0.3) is 0 Å². The van der Waals surface area contributed by atoms with E-state index in [4.69, 9.17) is 4.74 Å². The van der Waals surface area contributed by atoms with Crippen LogP contribution in [0.15, 0.2) is 12.1 Å². The van der Waals surface area contributed by atoms with Gasteiger partial charge < -0.3 is 9.84 Å². The maximum Gasteiger partial charge on any atom is 0.130 e. The van der Waals surface area contributed by atoms with Crippen molar-refractivity contribution in [2.24, 2.45) is 0 Å². The van der Waals surface area contributed by atoms with Gasteiger partial charge in [-0.15, -0.1) is 0 Å². The van der Waals surface area contributed by atoms with E-state index in [2.05, 4.69) is 28.9 Å². The second kappa shape index (κ2) is 6.72. The molecule has 0 saturated carbocycles. The van der Waals surface area contributed by atoms with Gasteiger partial charge in [0.15, 0.2) is 0 Å². The fourth-order valence-corrected chi connectivity index (χ4v) is 1.59. The Hall–Kier alpha value is -0.700. The molecule has 1 rings (SSSR count). The number of benzene rings is 1. The van der Waals surface area contributed by atoms with Gasteiger partial charge in [-0.1, -0.05) is 29.3 Å². The van der Waals surface area contributed by atoms with Gasteiger partial charge in [0, 0.05) is 17.0 Å². The van der Waals surface area contributed by atoms with Gasteiger partial charge >= 0.3 is 0 Å². The molecule has 0 aliphatic heterocycles. The lowest BCUT2D eigenvalue weighted by Crippen LogP contribution is -2.00. The first-order valence-corrected chi connectivity index (χ1v) is 6.33. The topological polar surface area (TPSA) is 29.5 Å². The Morgan fingerprint density at radius 3 is 3.00 bits per heavy atom. The summed E-state index contributed by atoms with van der Waals surface area (Å²) in [5, 5.41) is 10.6. The zero-order chi connectivity index (χ0) is 11.1. The van der Waals surface area contributed by atoms with Gasteiger partial charge in [0.2, 0.25) is 0 Å². The van der Waals surface area contributed by atoms with E-state index in [1.54, 1.807) is 6.07 Å². The summed E-state index contributed by atoms with van der Waals surface area (Å²) in [4.78, 5) is 0. The first-order chi connectivity index (χ1) is 7.29. The SMILES string of the molecule is CCCc1c(O)[c]ccc1OCCCBr. The summed E-state index contributed by atoms with van der Waals surface area (Å²) in [6, 6.07) is 6.33. The minimum Gasteiger partial charge on any atom is -0.507 e. The predicted octanol–water partition coefficient (Wildman–Crippen LogP) is 3.31. The van der Waals surface area contributed by atoms with E-state index < -0.39 is 0 Å². The number of hydrogen-bond acceptors (Lipinski definition) is 2. The van der Waals surface area contributed by atoms with E-state index in [-0.39, 0.29) is 5.75 Å². The number of phenolic OH excluding ortho intramolecular Hbond substituents is 1. The van der Waals surface area contributed by atoms with Crippen molar-refractivity contribution < 1.29 is 9.84 Å². The monoisotopic (exact) mass is 271 g/mol. The highest BCUT2D eigenvalue weighted by Crippen LogP contribution is 2.28. The number of rotatable bonds is 6. The number of ether oxygens (including phenoxy) is 1. The van der Waals surface area contributed by atoms with Gasteiger partial charge in [-0.3, -0.25) is 0 Å². The van der Waals surface area contributed by atoms with E-state index in [1.807, 2.05) is 6.07 Å². The molecule has 1 aromatic carbocycles. The maximum absolute atomic E-state index is 9.63. The Balaban J connectivity index is 2.71. The average molecular weight is 272 g/mol. The molecule has 0 spiro atoms. The molecule has 0 aliphatic carbocycles. The molecule has 0 aliphatic rings. The fourth-order valence-electron chi connectivity index (χ4n) is 1.36. The minimum atomic E-state index is 0.216. The maximum atomic E-state index is 9.63. The van der Waals surface area contributed by atoms with Crippen molar-refractivity contribution in [3.05, 3.63) is 23.8 Å². The van der Waals surface area contributed by atoms with Crippen LogP contribution in [0, 0.1) is 6.07 Å². The molecular weight excluding hydrogens is 256 g/mol. The summed E-state index contributed by atoms with van der Waals surface area (Å²) in [7, 11) is 0. The van der Waals surface area contributed by atoms with Crippen molar-refractivity contribution in [2.45, 2.75) is 26.2 Å². The van der Waals surface area contributed by atoms with E-state index in [1.165, 1.54) is 0 Å². The van der Waals surface area contributed by atoms with E-state index >= 15 is 0 Å². The van der Waals surface area contributed by atoms with Crippen LogP contribution < -0.4 is 4.74 Å². The van der Waals surface area contributed by atoms with Crippen molar-refractivity contribution in [1.29, 1.82) is 0 Å². The Labute approximate surface area is 99.4 Å². The molecule has 0 unspecified atom stereocenters. The van der Waals surface area contributed by atoms with Crippen LogP contribution in [0.2, 0.25) is 0 Å². The standard InChI is InChI=1S/C12H16BrO2/c1-2-5-10-11(14)6-3-7-12(10)15-9-4-8-13/h3,7,14H,2,4-5,8-9H2,1H3. The quantitative estimate of drug-likeness (QED) is 0.636. The molecule has 0 aromatic heterocycles. The van der Waals surface area contributed by atoms with Crippen LogP contribution in [-0.2, 0) is 6.42 Å². The minimum absolute atomic E-state index is 0.216. The molecule has 15 heavy (non-hydrogen) atoms. The summed E-state index contributed by atoms with van der Waals surface area (Å²) < 4.78 is 5.60. The molecule has 83 valence electrons. The van der Waals surface area contributed by atoms with E-state index in [9.17, 15) is 5.11 Å². The number of halogens is 1. The lowest BCUT2D eigenvalue weighted by Gasteiger charge is -2.11. The molecule has 0 atom stereocenters. The highest BCUT2D eigenvalue weighted by Gasteiger charge is 2.07. The Morgan fingerprint density at radius 2 is 2.33 bits per heavy atom. The number of hydrogen-bond donors (Lipinski definition) is 1. The third-order valence-electron chi connectivity index (χ3n) is 2.07. The Morgan fingerprint density at radius 1 is 1.53 bits per heavy atom. The molecule has 1 radical (unpaired) electrons. The van der Waals surface area contributed by atoms with Crippen molar-refractivity contribution in [3.63, 3.8) is 0 Å². The molecule has 0 amide bonds. The van der Waals surface area contributed by atoms with E-state index in [0.29, 0.717) is 6.61 Å². The van der Waals surface area contributed by atoms with Gasteiger partial charge in [0.05, 0.1) is 6.61 Å². The highest BCUT2D eigenvalue weighted by molar-refractivity contribution is 9.09. The second-order valence-corrected chi connectivity index (χ2v) is 4.10. The Kier molecular flexibility index (Phi) is 5.54. The zero-order valence-corrected chi connectivity index (χ0v) is 10.5. The number of alkyl halides is 1. The molecule has 0 bridgehead atoms. The van der Waals surface area contributed by atoms with Gasteiger partial charge in [0.1, 0.15) is 11.5 Å². The Bertz CT molecular complexity index is 300. The van der Waals surface area contributed by atoms with Crippen LogP contribution in [0.5, 0.6) is 11.5 Å². The summed E-state index contributed by atoms with van der Waals surface area (Å²) in [5.74, 6) is 1.00. The van der Waals surface area contributed by atoms with Gasteiger partial charge in [-0.05, 0) is 25.0 Å². The average Bonchev–Trinajstić information content (AvgIpc) is 2.23. The van der Waals surface area contributed by atoms with Crippen LogP contribution in [-0.4, -0.2) is 17.0 Å². The van der Waals surface area contributed by atoms with Crippen molar-refractivity contribution in [2.75, 3.05) is 11.9 Å². The first kappa shape index (κ1) is 12.4. The summed E-state index contributed by atoms with van der Waals surface area (Å²) in [5.41, 5.74) is 0.870. The van der Waals surface area contributed by atoms with Crippen molar-refractivity contribution >= 4 is 15.9 Å². The normalized spacial score (nSPS) is 10.3. The van der Waals surface area contributed by atoms with Crippen LogP contribution >= 0.6 is 15.9 Å². The number of phenols is 1. The second-order valence-electron chi connectivity index (χ2n) is 3.31. The van der Waals surface area contributed by atoms with Crippen LogP contribution in [0.4, 0.5) is 0 Å². The lowest BCUT2D eigenvalue weighted by atomic mass is 10.1. The molecule has 3 heteroatoms. The van der Waals surface area contributed by atoms with Crippen LogP contribution in [0.25, 0.3) is 0 Å². The molecule has 0 heterocycles. The molecule has 1 N–H and O–H groups in total. The molecule has 2 nitrogen and oxygen atoms in total. The molecule has 0 fully saturated rings. The van der Waals surface area contributed by atoms with E-state index in [0.717, 1.165) is 35.9 Å². The van der Waals surface area contributed by atoms with Crippen LogP contribution in [0.1, 0.15) is 25.3 Å². The summed E-state index contributed by atoms with van der Waals surface area (Å²) in [6.45, 7) is 2.75. The third-order valence-corrected chi connectivity index (χ3v) is 2.63. The van der Waals surface area contributed by atoms with Crippen molar-refractivity contribution in [3.8, 4) is 11.5 Å². The highest BCUT2D eigenvalue weighted by atomic mass is 79.9. The summed E-state index contributed by atoms with van der Waals surface area (Å²) >= 11 is 3.35. The van der Waals surface area contributed by atoms with Crippen LogP contribution in [0.3, 0.4) is 0 Å². The molecule has 0 saturated heterocycles.